The molecule has 1 saturated heterocycles. The van der Waals surface area contributed by atoms with Crippen LogP contribution in [0.2, 0.25) is 0 Å². The second-order valence-corrected chi connectivity index (χ2v) is 5.37. The van der Waals surface area contributed by atoms with Crippen LogP contribution >= 0.6 is 0 Å². The van der Waals surface area contributed by atoms with Crippen molar-refractivity contribution in [3.05, 3.63) is 12.2 Å². The Labute approximate surface area is 103 Å². The molecule has 0 saturated carbocycles. The van der Waals surface area contributed by atoms with Gasteiger partial charge in [0.05, 0.1) is 6.54 Å². The van der Waals surface area contributed by atoms with Crippen LogP contribution in [0.3, 0.4) is 0 Å². The molecule has 0 aliphatic carbocycles. The van der Waals surface area contributed by atoms with E-state index in [0.29, 0.717) is 0 Å². The van der Waals surface area contributed by atoms with Gasteiger partial charge < -0.3 is 5.32 Å². The van der Waals surface area contributed by atoms with Crippen LogP contribution in [0, 0.1) is 0 Å². The van der Waals surface area contributed by atoms with E-state index in [1.165, 1.54) is 6.42 Å². The predicted octanol–water partition coefficient (Wildman–Crippen LogP) is 0.872. The summed E-state index contributed by atoms with van der Waals surface area (Å²) in [5, 5.41) is 7.80. The van der Waals surface area contributed by atoms with Gasteiger partial charge in [-0.25, -0.2) is 9.67 Å². The van der Waals surface area contributed by atoms with Gasteiger partial charge in [-0.15, -0.1) is 0 Å². The summed E-state index contributed by atoms with van der Waals surface area (Å²) in [6.45, 7) is 11.7. The number of aromatic nitrogens is 3. The fourth-order valence-electron chi connectivity index (χ4n) is 2.43. The number of hydrogen-bond acceptors (Lipinski definition) is 4. The summed E-state index contributed by atoms with van der Waals surface area (Å²) >= 11 is 0. The van der Waals surface area contributed by atoms with Gasteiger partial charge in [-0.2, -0.15) is 5.10 Å². The number of hydrogen-bond donors (Lipinski definition) is 1. The monoisotopic (exact) mass is 237 g/mol. The summed E-state index contributed by atoms with van der Waals surface area (Å²) in [6.07, 6.45) is 2.85. The van der Waals surface area contributed by atoms with Crippen LogP contribution in [-0.4, -0.2) is 44.8 Å². The summed E-state index contributed by atoms with van der Waals surface area (Å²) in [4.78, 5) is 6.82. The molecular formula is C12H23N5. The third-order valence-electron chi connectivity index (χ3n) is 3.23. The van der Waals surface area contributed by atoms with Gasteiger partial charge in [-0.3, -0.25) is 4.90 Å². The number of nitrogens with one attached hydrogen (secondary N) is 1. The lowest BCUT2D eigenvalue weighted by atomic mass is 10.1. The molecule has 1 fully saturated rings. The van der Waals surface area contributed by atoms with Crippen molar-refractivity contribution in [2.45, 2.75) is 45.8 Å². The number of nitrogens with zero attached hydrogens (tertiary/aromatic N) is 4. The molecule has 2 heterocycles. The fraction of sp³-hybridized carbons (Fsp3) is 0.833. The Kier molecular flexibility index (Phi) is 3.79. The Morgan fingerprint density at radius 1 is 1.47 bits per heavy atom. The van der Waals surface area contributed by atoms with Crippen molar-refractivity contribution in [2.24, 2.45) is 0 Å². The first kappa shape index (κ1) is 12.5. The van der Waals surface area contributed by atoms with Gasteiger partial charge >= 0.3 is 0 Å². The van der Waals surface area contributed by atoms with Crippen LogP contribution < -0.4 is 5.32 Å². The normalized spacial score (nSPS) is 21.4. The van der Waals surface area contributed by atoms with Gasteiger partial charge in [0.25, 0.3) is 0 Å². The molecule has 17 heavy (non-hydrogen) atoms. The highest BCUT2D eigenvalue weighted by molar-refractivity contribution is 4.90. The minimum atomic E-state index is 0.188. The highest BCUT2D eigenvalue weighted by atomic mass is 15.3. The minimum absolute atomic E-state index is 0.188. The summed E-state index contributed by atoms with van der Waals surface area (Å²) in [5.74, 6) is 1.07. The van der Waals surface area contributed by atoms with Gasteiger partial charge in [0.15, 0.2) is 0 Å². The van der Waals surface area contributed by atoms with E-state index in [1.54, 1.807) is 6.33 Å². The second-order valence-electron chi connectivity index (χ2n) is 5.37. The molecule has 0 bridgehead atoms. The molecule has 0 atom stereocenters. The molecule has 0 unspecified atom stereocenters. The lowest BCUT2D eigenvalue weighted by Crippen LogP contribution is -2.46. The van der Waals surface area contributed by atoms with Crippen molar-refractivity contribution < 1.29 is 0 Å². The van der Waals surface area contributed by atoms with E-state index in [4.69, 9.17) is 0 Å². The van der Waals surface area contributed by atoms with Crippen molar-refractivity contribution in [3.8, 4) is 0 Å². The second kappa shape index (κ2) is 5.14. The quantitative estimate of drug-likeness (QED) is 0.847. The summed E-state index contributed by atoms with van der Waals surface area (Å²) in [5.41, 5.74) is 0.188. The average Bonchev–Trinajstić information content (AvgIpc) is 2.63. The molecule has 5 nitrogen and oxygen atoms in total. The molecule has 0 amide bonds. The molecule has 2 rings (SSSR count). The molecule has 1 aliphatic heterocycles. The molecule has 0 radical (unpaired) electrons. The standard InChI is InChI=1S/C12H23N5/c1-4-17-11(13-10-15-17)8-16-7-5-6-14-12(2,3)9-16/h10,14H,4-9H2,1-3H3. The third-order valence-corrected chi connectivity index (χ3v) is 3.23. The van der Waals surface area contributed by atoms with Gasteiger partial charge in [0, 0.05) is 18.6 Å². The topological polar surface area (TPSA) is 46.0 Å². The van der Waals surface area contributed by atoms with Crippen molar-refractivity contribution in [3.63, 3.8) is 0 Å². The predicted molar refractivity (Wildman–Crippen MR) is 67.7 cm³/mol. The molecule has 1 aromatic heterocycles. The van der Waals surface area contributed by atoms with Gasteiger partial charge in [0.1, 0.15) is 12.2 Å². The maximum atomic E-state index is 4.35. The third kappa shape index (κ3) is 3.26. The number of aryl methyl sites for hydroxylation is 1. The first-order chi connectivity index (χ1) is 8.11. The van der Waals surface area contributed by atoms with E-state index in [9.17, 15) is 0 Å². The highest BCUT2D eigenvalue weighted by Gasteiger charge is 2.24. The highest BCUT2D eigenvalue weighted by Crippen LogP contribution is 2.12. The number of rotatable bonds is 3. The molecule has 96 valence electrons. The zero-order valence-corrected chi connectivity index (χ0v) is 11.1. The van der Waals surface area contributed by atoms with E-state index in [-0.39, 0.29) is 5.54 Å². The van der Waals surface area contributed by atoms with Gasteiger partial charge in [-0.1, -0.05) is 0 Å². The van der Waals surface area contributed by atoms with Crippen molar-refractivity contribution in [2.75, 3.05) is 19.6 Å². The first-order valence-electron chi connectivity index (χ1n) is 6.45. The molecule has 5 heteroatoms. The van der Waals surface area contributed by atoms with E-state index in [0.717, 1.165) is 38.5 Å². The zero-order chi connectivity index (χ0) is 12.3. The fourth-order valence-corrected chi connectivity index (χ4v) is 2.43. The summed E-state index contributed by atoms with van der Waals surface area (Å²) in [7, 11) is 0. The maximum absolute atomic E-state index is 4.35. The Hall–Kier alpha value is -0.940. The minimum Gasteiger partial charge on any atom is -0.310 e. The molecule has 1 aromatic rings. The molecule has 1 aliphatic rings. The van der Waals surface area contributed by atoms with Gasteiger partial charge in [-0.05, 0) is 40.3 Å². The van der Waals surface area contributed by atoms with Crippen molar-refractivity contribution in [1.82, 2.24) is 25.0 Å². The van der Waals surface area contributed by atoms with Crippen LogP contribution in [0.4, 0.5) is 0 Å². The van der Waals surface area contributed by atoms with E-state index in [1.807, 2.05) is 4.68 Å². The Balaban J connectivity index is 2.02. The van der Waals surface area contributed by atoms with Crippen LogP contribution in [-0.2, 0) is 13.1 Å². The Bertz CT molecular complexity index is 358. The van der Waals surface area contributed by atoms with Crippen LogP contribution in [0.1, 0.15) is 33.0 Å². The van der Waals surface area contributed by atoms with Gasteiger partial charge in [0.2, 0.25) is 0 Å². The zero-order valence-electron chi connectivity index (χ0n) is 11.1. The molecule has 1 N–H and O–H groups in total. The summed E-state index contributed by atoms with van der Waals surface area (Å²) in [6, 6.07) is 0. The largest absolute Gasteiger partial charge is 0.310 e. The lowest BCUT2D eigenvalue weighted by Gasteiger charge is -2.29. The summed E-state index contributed by atoms with van der Waals surface area (Å²) < 4.78 is 1.98. The Morgan fingerprint density at radius 3 is 3.06 bits per heavy atom. The molecule has 0 aromatic carbocycles. The van der Waals surface area contributed by atoms with E-state index >= 15 is 0 Å². The van der Waals surface area contributed by atoms with Crippen LogP contribution in [0.25, 0.3) is 0 Å². The smallest absolute Gasteiger partial charge is 0.140 e. The van der Waals surface area contributed by atoms with Crippen LogP contribution in [0.5, 0.6) is 0 Å². The molecule has 0 spiro atoms. The lowest BCUT2D eigenvalue weighted by molar-refractivity contribution is 0.216. The Morgan fingerprint density at radius 2 is 2.29 bits per heavy atom. The van der Waals surface area contributed by atoms with Crippen molar-refractivity contribution in [1.29, 1.82) is 0 Å². The van der Waals surface area contributed by atoms with Crippen molar-refractivity contribution >= 4 is 0 Å². The van der Waals surface area contributed by atoms with E-state index in [2.05, 4.69) is 41.1 Å². The van der Waals surface area contributed by atoms with E-state index < -0.39 is 0 Å². The first-order valence-corrected chi connectivity index (χ1v) is 6.45. The maximum Gasteiger partial charge on any atom is 0.140 e. The molecular weight excluding hydrogens is 214 g/mol. The average molecular weight is 237 g/mol. The SMILES string of the molecule is CCn1ncnc1CN1CCCNC(C)(C)C1. The van der Waals surface area contributed by atoms with Crippen LogP contribution in [0.15, 0.2) is 6.33 Å².